The zero-order valence-corrected chi connectivity index (χ0v) is 20.5. The van der Waals surface area contributed by atoms with Crippen molar-refractivity contribution in [2.75, 3.05) is 24.5 Å². The number of guanidine groups is 1. The maximum atomic E-state index is 13.5. The molecule has 2 N–H and O–H groups in total. The number of benzene rings is 2. The highest BCUT2D eigenvalue weighted by atomic mass is 127. The molecule has 0 bridgehead atoms. The predicted octanol–water partition coefficient (Wildman–Crippen LogP) is 4.82. The normalized spacial score (nSPS) is 14.7. The summed E-state index contributed by atoms with van der Waals surface area (Å²) in [6.07, 6.45) is 3.58. The molecule has 1 aliphatic heterocycles. The molecule has 1 aliphatic rings. The third kappa shape index (κ3) is 6.44. The van der Waals surface area contributed by atoms with E-state index >= 15 is 0 Å². The summed E-state index contributed by atoms with van der Waals surface area (Å²) in [4.78, 5) is 11.5. The molecule has 0 saturated carbocycles. The quantitative estimate of drug-likeness (QED) is 0.262. The lowest BCUT2D eigenvalue weighted by molar-refractivity contribution is 0.461. The van der Waals surface area contributed by atoms with Gasteiger partial charge in [-0.05, 0) is 50.1 Å². The molecule has 1 fully saturated rings. The Bertz CT molecular complexity index is 1000. The molecule has 0 amide bonds. The Balaban J connectivity index is 0.00000289. The van der Waals surface area contributed by atoms with Crippen LogP contribution in [0, 0.1) is 5.82 Å². The van der Waals surface area contributed by atoms with Crippen LogP contribution in [0.5, 0.6) is 0 Å². The number of anilines is 1. The average Bonchev–Trinajstić information content (AvgIpc) is 3.28. The van der Waals surface area contributed by atoms with E-state index in [9.17, 15) is 4.39 Å². The molecule has 0 unspecified atom stereocenters. The molecule has 32 heavy (non-hydrogen) atoms. The van der Waals surface area contributed by atoms with Crippen molar-refractivity contribution in [3.05, 3.63) is 72.4 Å². The van der Waals surface area contributed by atoms with Crippen LogP contribution < -0.4 is 15.5 Å². The third-order valence-corrected chi connectivity index (χ3v) is 5.33. The van der Waals surface area contributed by atoms with Crippen molar-refractivity contribution in [1.82, 2.24) is 15.6 Å². The summed E-state index contributed by atoms with van der Waals surface area (Å²) in [6.45, 7) is 5.03. The van der Waals surface area contributed by atoms with Gasteiger partial charge in [-0.15, -0.1) is 24.0 Å². The van der Waals surface area contributed by atoms with E-state index in [1.807, 2.05) is 43.3 Å². The molecule has 0 atom stereocenters. The standard InChI is InChI=1S/C24H28FN5O.HI/c1-2-26-24(27-16-21-17-31-23(28-21)18-7-4-3-5-8-18)29-20-11-13-30(14-12-20)22-10-6-9-19(25)15-22;/h3-10,15,17,20H,2,11-14,16H2,1H3,(H2,26,27,29);1H. The smallest absolute Gasteiger partial charge is 0.226 e. The Labute approximate surface area is 205 Å². The summed E-state index contributed by atoms with van der Waals surface area (Å²) >= 11 is 0. The van der Waals surface area contributed by atoms with Gasteiger partial charge in [-0.25, -0.2) is 14.4 Å². The number of rotatable bonds is 6. The van der Waals surface area contributed by atoms with E-state index in [2.05, 4.69) is 25.5 Å². The van der Waals surface area contributed by atoms with E-state index in [1.165, 1.54) is 6.07 Å². The summed E-state index contributed by atoms with van der Waals surface area (Å²) in [6, 6.07) is 17.0. The van der Waals surface area contributed by atoms with Gasteiger partial charge < -0.3 is 20.0 Å². The number of hydrogen-bond donors (Lipinski definition) is 2. The summed E-state index contributed by atoms with van der Waals surface area (Å²) < 4.78 is 19.1. The van der Waals surface area contributed by atoms with E-state index < -0.39 is 0 Å². The number of nitrogens with zero attached hydrogens (tertiary/aromatic N) is 3. The fourth-order valence-electron chi connectivity index (χ4n) is 3.72. The Kier molecular flexibility index (Phi) is 8.90. The minimum absolute atomic E-state index is 0. The highest BCUT2D eigenvalue weighted by Gasteiger charge is 2.20. The first-order chi connectivity index (χ1) is 15.2. The second-order valence-electron chi connectivity index (χ2n) is 7.59. The lowest BCUT2D eigenvalue weighted by atomic mass is 10.0. The van der Waals surface area contributed by atoms with Gasteiger partial charge in [-0.3, -0.25) is 0 Å². The van der Waals surface area contributed by atoms with Crippen LogP contribution in [0.25, 0.3) is 11.5 Å². The van der Waals surface area contributed by atoms with Crippen LogP contribution in [0.2, 0.25) is 0 Å². The molecule has 0 spiro atoms. The number of aliphatic imine (C=N–C) groups is 1. The van der Waals surface area contributed by atoms with Gasteiger partial charge in [0.15, 0.2) is 5.96 Å². The summed E-state index contributed by atoms with van der Waals surface area (Å²) in [5.74, 6) is 1.19. The molecule has 170 valence electrons. The summed E-state index contributed by atoms with van der Waals surface area (Å²) in [5.41, 5.74) is 2.68. The summed E-state index contributed by atoms with van der Waals surface area (Å²) in [5, 5.41) is 6.84. The molecule has 6 nitrogen and oxygen atoms in total. The molecule has 1 aromatic heterocycles. The fraction of sp³-hybridized carbons (Fsp3) is 0.333. The van der Waals surface area contributed by atoms with Crippen LogP contribution in [0.3, 0.4) is 0 Å². The molecular formula is C24H29FIN5O. The zero-order valence-electron chi connectivity index (χ0n) is 18.1. The van der Waals surface area contributed by atoms with E-state index in [0.29, 0.717) is 18.5 Å². The van der Waals surface area contributed by atoms with Crippen molar-refractivity contribution >= 4 is 35.6 Å². The molecule has 8 heteroatoms. The SMILES string of the molecule is CCNC(=NCc1coc(-c2ccccc2)n1)NC1CCN(c2cccc(F)c2)CC1.I. The molecule has 0 aliphatic carbocycles. The second-order valence-corrected chi connectivity index (χ2v) is 7.59. The van der Waals surface area contributed by atoms with Gasteiger partial charge in [0.1, 0.15) is 17.8 Å². The van der Waals surface area contributed by atoms with Crippen LogP contribution >= 0.6 is 24.0 Å². The molecule has 0 radical (unpaired) electrons. The van der Waals surface area contributed by atoms with Crippen molar-refractivity contribution in [3.8, 4) is 11.5 Å². The van der Waals surface area contributed by atoms with Gasteiger partial charge in [0.25, 0.3) is 0 Å². The second kappa shape index (κ2) is 11.8. The molecule has 1 saturated heterocycles. The van der Waals surface area contributed by atoms with Crippen LogP contribution in [-0.2, 0) is 6.54 Å². The van der Waals surface area contributed by atoms with Gasteiger partial charge in [0.2, 0.25) is 5.89 Å². The Morgan fingerprint density at radius 1 is 1.16 bits per heavy atom. The topological polar surface area (TPSA) is 65.7 Å². The minimum Gasteiger partial charge on any atom is -0.444 e. The third-order valence-electron chi connectivity index (χ3n) is 5.33. The van der Waals surface area contributed by atoms with Crippen molar-refractivity contribution in [3.63, 3.8) is 0 Å². The van der Waals surface area contributed by atoms with Crippen molar-refractivity contribution < 1.29 is 8.81 Å². The Hall–Kier alpha value is -2.62. The number of hydrogen-bond acceptors (Lipinski definition) is 4. The van der Waals surface area contributed by atoms with Gasteiger partial charge >= 0.3 is 0 Å². The van der Waals surface area contributed by atoms with Crippen molar-refractivity contribution in [1.29, 1.82) is 0 Å². The van der Waals surface area contributed by atoms with E-state index in [4.69, 9.17) is 4.42 Å². The maximum Gasteiger partial charge on any atom is 0.226 e. The van der Waals surface area contributed by atoms with Gasteiger partial charge in [0.05, 0.1) is 6.54 Å². The highest BCUT2D eigenvalue weighted by molar-refractivity contribution is 14.0. The van der Waals surface area contributed by atoms with E-state index in [-0.39, 0.29) is 29.8 Å². The van der Waals surface area contributed by atoms with Gasteiger partial charge in [0, 0.05) is 36.9 Å². The molecule has 3 aromatic rings. The fourth-order valence-corrected chi connectivity index (χ4v) is 3.72. The van der Waals surface area contributed by atoms with Crippen LogP contribution in [0.1, 0.15) is 25.5 Å². The monoisotopic (exact) mass is 549 g/mol. The van der Waals surface area contributed by atoms with Crippen molar-refractivity contribution in [2.45, 2.75) is 32.4 Å². The molecular weight excluding hydrogens is 520 g/mol. The van der Waals surface area contributed by atoms with E-state index in [1.54, 1.807) is 18.4 Å². The van der Waals surface area contributed by atoms with Crippen LogP contribution in [-0.4, -0.2) is 36.6 Å². The van der Waals surface area contributed by atoms with E-state index in [0.717, 1.165) is 55.4 Å². The lowest BCUT2D eigenvalue weighted by Crippen LogP contribution is -2.48. The zero-order chi connectivity index (χ0) is 21.5. The van der Waals surface area contributed by atoms with Crippen molar-refractivity contribution in [2.24, 2.45) is 4.99 Å². The first kappa shape index (κ1) is 24.0. The Morgan fingerprint density at radius 3 is 2.66 bits per heavy atom. The summed E-state index contributed by atoms with van der Waals surface area (Å²) in [7, 11) is 0. The number of nitrogens with one attached hydrogen (secondary N) is 2. The first-order valence-electron chi connectivity index (χ1n) is 10.8. The first-order valence-corrected chi connectivity index (χ1v) is 10.8. The number of piperidine rings is 1. The van der Waals surface area contributed by atoms with Gasteiger partial charge in [-0.1, -0.05) is 24.3 Å². The number of aromatic nitrogens is 1. The highest BCUT2D eigenvalue weighted by Crippen LogP contribution is 2.21. The largest absolute Gasteiger partial charge is 0.444 e. The lowest BCUT2D eigenvalue weighted by Gasteiger charge is -2.34. The predicted molar refractivity (Wildman–Crippen MR) is 137 cm³/mol. The van der Waals surface area contributed by atoms with Gasteiger partial charge in [-0.2, -0.15) is 0 Å². The van der Waals surface area contributed by atoms with Crippen LogP contribution in [0.15, 0.2) is 70.3 Å². The van der Waals surface area contributed by atoms with Crippen LogP contribution in [0.4, 0.5) is 10.1 Å². The minimum atomic E-state index is -0.192. The number of halogens is 2. The molecule has 2 heterocycles. The molecule has 2 aromatic carbocycles. The Morgan fingerprint density at radius 2 is 1.94 bits per heavy atom. The molecule has 4 rings (SSSR count). The maximum absolute atomic E-state index is 13.5. The number of oxazole rings is 1. The average molecular weight is 549 g/mol.